The van der Waals surface area contributed by atoms with Crippen LogP contribution >= 0.6 is 0 Å². The predicted octanol–water partition coefficient (Wildman–Crippen LogP) is 2.16. The molecule has 9 nitrogen and oxygen atoms in total. The minimum Gasteiger partial charge on any atom is -0.493 e. The van der Waals surface area contributed by atoms with Gasteiger partial charge in [0.1, 0.15) is 5.75 Å². The molecule has 9 heteroatoms. The van der Waals surface area contributed by atoms with Gasteiger partial charge in [-0.05, 0) is 31.2 Å². The normalized spacial score (nSPS) is 18.3. The van der Waals surface area contributed by atoms with Crippen molar-refractivity contribution >= 4 is 23.2 Å². The number of hydrogen-bond donors (Lipinski definition) is 1. The molecule has 0 aromatic heterocycles. The van der Waals surface area contributed by atoms with E-state index in [1.807, 2.05) is 12.1 Å². The number of morpholine rings is 1. The largest absolute Gasteiger partial charge is 0.493 e. The summed E-state index contributed by atoms with van der Waals surface area (Å²) in [6.07, 6.45) is -0.595. The van der Waals surface area contributed by atoms with Gasteiger partial charge in [0.25, 0.3) is 11.8 Å². The molecular formula is C24H29N3O6. The Balaban J connectivity index is 1.39. The smallest absolute Gasteiger partial charge is 0.267 e. The molecule has 0 radical (unpaired) electrons. The molecule has 1 N–H and O–H groups in total. The average molecular weight is 456 g/mol. The van der Waals surface area contributed by atoms with Gasteiger partial charge >= 0.3 is 0 Å². The van der Waals surface area contributed by atoms with E-state index in [0.717, 1.165) is 19.6 Å². The van der Waals surface area contributed by atoms with Crippen LogP contribution in [0.15, 0.2) is 42.5 Å². The van der Waals surface area contributed by atoms with Crippen LogP contribution in [0.25, 0.3) is 0 Å². The lowest BCUT2D eigenvalue weighted by Gasteiger charge is -2.35. The van der Waals surface area contributed by atoms with Crippen molar-refractivity contribution in [2.75, 3.05) is 63.3 Å². The molecule has 2 aliphatic rings. The fourth-order valence-corrected chi connectivity index (χ4v) is 3.86. The topological polar surface area (TPSA) is 89.6 Å². The first kappa shape index (κ1) is 22.9. The molecule has 0 bridgehead atoms. The number of nitrogens with zero attached hydrogens (tertiary/aromatic N) is 2. The summed E-state index contributed by atoms with van der Waals surface area (Å²) in [5.41, 5.74) is 1.27. The van der Waals surface area contributed by atoms with Crippen molar-refractivity contribution < 1.29 is 28.5 Å². The van der Waals surface area contributed by atoms with Gasteiger partial charge in [-0.3, -0.25) is 14.5 Å². The van der Waals surface area contributed by atoms with Gasteiger partial charge in [0.15, 0.2) is 24.2 Å². The zero-order valence-electron chi connectivity index (χ0n) is 18.9. The summed E-state index contributed by atoms with van der Waals surface area (Å²) in [5, 5.41) is 2.81. The van der Waals surface area contributed by atoms with E-state index in [0.29, 0.717) is 48.4 Å². The quantitative estimate of drug-likeness (QED) is 0.652. The van der Waals surface area contributed by atoms with Crippen LogP contribution in [0, 0.1) is 0 Å². The van der Waals surface area contributed by atoms with E-state index in [2.05, 4.69) is 10.2 Å². The van der Waals surface area contributed by atoms with Crippen LogP contribution < -0.4 is 24.4 Å². The molecule has 4 rings (SSSR count). The number of benzene rings is 2. The lowest BCUT2D eigenvalue weighted by Crippen LogP contribution is -2.48. The molecule has 33 heavy (non-hydrogen) atoms. The van der Waals surface area contributed by atoms with Gasteiger partial charge in [-0.15, -0.1) is 0 Å². The lowest BCUT2D eigenvalue weighted by molar-refractivity contribution is -0.125. The third-order valence-corrected chi connectivity index (χ3v) is 5.62. The summed E-state index contributed by atoms with van der Waals surface area (Å²) in [7, 11) is 1.55. The molecule has 0 spiro atoms. The van der Waals surface area contributed by atoms with Crippen LogP contribution in [0.1, 0.15) is 6.92 Å². The van der Waals surface area contributed by atoms with Gasteiger partial charge in [-0.2, -0.15) is 0 Å². The number of carbonyl (C=O) groups excluding carboxylic acids is 2. The summed E-state index contributed by atoms with van der Waals surface area (Å²) >= 11 is 0. The monoisotopic (exact) mass is 455 g/mol. The van der Waals surface area contributed by atoms with Crippen molar-refractivity contribution in [3.05, 3.63) is 42.5 Å². The van der Waals surface area contributed by atoms with Crippen molar-refractivity contribution in [3.8, 4) is 17.2 Å². The Morgan fingerprint density at radius 1 is 1.12 bits per heavy atom. The number of ether oxygens (including phenoxy) is 4. The van der Waals surface area contributed by atoms with Gasteiger partial charge < -0.3 is 29.2 Å². The number of fused-ring (bicyclic) bond motifs is 1. The average Bonchev–Trinajstić information content (AvgIpc) is 2.84. The molecule has 1 atom stereocenters. The van der Waals surface area contributed by atoms with Gasteiger partial charge in [-0.25, -0.2) is 0 Å². The fourth-order valence-electron chi connectivity index (χ4n) is 3.86. The SMILES string of the molecule is COc1ccccc1OCC(=O)Nc1ccc2c(c1)OC(C)C(=O)N2CCN1CCOCC1. The molecule has 0 aliphatic carbocycles. The minimum absolute atomic E-state index is 0.0715. The highest BCUT2D eigenvalue weighted by molar-refractivity contribution is 6.00. The molecule has 2 heterocycles. The highest BCUT2D eigenvalue weighted by Crippen LogP contribution is 2.36. The number of anilines is 2. The molecule has 2 amide bonds. The molecule has 2 aromatic rings. The Morgan fingerprint density at radius 3 is 2.64 bits per heavy atom. The molecule has 0 saturated carbocycles. The highest BCUT2D eigenvalue weighted by atomic mass is 16.5. The Labute approximate surface area is 193 Å². The van der Waals surface area contributed by atoms with E-state index < -0.39 is 6.10 Å². The van der Waals surface area contributed by atoms with Crippen molar-refractivity contribution in [2.45, 2.75) is 13.0 Å². The van der Waals surface area contributed by atoms with Crippen LogP contribution in [0.5, 0.6) is 17.2 Å². The van der Waals surface area contributed by atoms with E-state index in [4.69, 9.17) is 18.9 Å². The number of hydrogen-bond acceptors (Lipinski definition) is 7. The second kappa shape index (κ2) is 10.5. The first-order chi connectivity index (χ1) is 16.0. The van der Waals surface area contributed by atoms with Crippen LogP contribution in [0.4, 0.5) is 11.4 Å². The number of rotatable bonds is 8. The number of carbonyl (C=O) groups is 2. The Hall–Kier alpha value is -3.30. The number of para-hydroxylation sites is 2. The van der Waals surface area contributed by atoms with Crippen molar-refractivity contribution in [1.29, 1.82) is 0 Å². The molecule has 1 unspecified atom stereocenters. The standard InChI is InChI=1S/C24H29N3O6/c1-17-24(29)27(10-9-26-11-13-31-14-12-26)19-8-7-18(15-22(19)33-17)25-23(28)16-32-21-6-4-3-5-20(21)30-2/h3-8,15,17H,9-14,16H2,1-2H3,(H,25,28). The predicted molar refractivity (Wildman–Crippen MR) is 123 cm³/mol. The second-order valence-electron chi connectivity index (χ2n) is 7.87. The molecule has 2 aliphatic heterocycles. The van der Waals surface area contributed by atoms with Gasteiger partial charge in [-0.1, -0.05) is 12.1 Å². The second-order valence-corrected chi connectivity index (χ2v) is 7.87. The summed E-state index contributed by atoms with van der Waals surface area (Å²) < 4.78 is 22.0. The zero-order valence-corrected chi connectivity index (χ0v) is 18.9. The summed E-state index contributed by atoms with van der Waals surface area (Å²) in [6.45, 7) is 6.06. The van der Waals surface area contributed by atoms with Gasteiger partial charge in [0.05, 0.1) is 26.0 Å². The van der Waals surface area contributed by atoms with Crippen LogP contribution in [0.2, 0.25) is 0 Å². The summed E-state index contributed by atoms with van der Waals surface area (Å²) in [6, 6.07) is 12.4. The first-order valence-corrected chi connectivity index (χ1v) is 11.0. The molecule has 1 fully saturated rings. The van der Waals surface area contributed by atoms with Crippen LogP contribution in [-0.4, -0.2) is 75.9 Å². The van der Waals surface area contributed by atoms with E-state index in [1.54, 1.807) is 49.3 Å². The summed E-state index contributed by atoms with van der Waals surface area (Å²) in [4.78, 5) is 29.2. The lowest BCUT2D eigenvalue weighted by atomic mass is 10.1. The molecule has 2 aromatic carbocycles. The van der Waals surface area contributed by atoms with Crippen molar-refractivity contribution in [2.24, 2.45) is 0 Å². The van der Waals surface area contributed by atoms with E-state index in [1.165, 1.54) is 0 Å². The molecule has 176 valence electrons. The van der Waals surface area contributed by atoms with E-state index in [9.17, 15) is 9.59 Å². The third-order valence-electron chi connectivity index (χ3n) is 5.62. The van der Waals surface area contributed by atoms with Gasteiger partial charge in [0, 0.05) is 37.9 Å². The highest BCUT2D eigenvalue weighted by Gasteiger charge is 2.32. The van der Waals surface area contributed by atoms with Crippen LogP contribution in [0.3, 0.4) is 0 Å². The first-order valence-electron chi connectivity index (χ1n) is 11.0. The van der Waals surface area contributed by atoms with Crippen molar-refractivity contribution in [1.82, 2.24) is 4.90 Å². The van der Waals surface area contributed by atoms with Crippen molar-refractivity contribution in [3.63, 3.8) is 0 Å². The van der Waals surface area contributed by atoms with E-state index >= 15 is 0 Å². The number of methoxy groups -OCH3 is 1. The maximum atomic E-state index is 12.8. The minimum atomic E-state index is -0.595. The number of nitrogens with one attached hydrogen (secondary N) is 1. The maximum absolute atomic E-state index is 12.8. The Bertz CT molecular complexity index is 992. The Kier molecular flexibility index (Phi) is 7.31. The Morgan fingerprint density at radius 2 is 1.88 bits per heavy atom. The van der Waals surface area contributed by atoms with Crippen LogP contribution in [-0.2, 0) is 14.3 Å². The molecular weight excluding hydrogens is 426 g/mol. The zero-order chi connectivity index (χ0) is 23.2. The summed E-state index contributed by atoms with van der Waals surface area (Å²) in [5.74, 6) is 1.23. The number of amides is 2. The molecule has 1 saturated heterocycles. The van der Waals surface area contributed by atoms with Gasteiger partial charge in [0.2, 0.25) is 0 Å². The van der Waals surface area contributed by atoms with E-state index in [-0.39, 0.29) is 18.4 Å². The maximum Gasteiger partial charge on any atom is 0.267 e. The fraction of sp³-hybridized carbons (Fsp3) is 0.417. The third kappa shape index (κ3) is 5.55.